The molecule has 1 heterocycles. The van der Waals surface area contributed by atoms with Crippen LogP contribution in [0, 0.1) is 6.20 Å². The number of hydrogen-bond acceptors (Lipinski definition) is 3. The third-order valence-electron chi connectivity index (χ3n) is 2.36. The van der Waals surface area contributed by atoms with Gasteiger partial charge >= 0.3 is 5.97 Å². The molecule has 4 heteroatoms. The predicted molar refractivity (Wildman–Crippen MR) is 60.8 cm³/mol. The maximum Gasteiger partial charge on any atom is 0.305 e. The molecule has 0 fully saturated rings. The molecule has 0 aliphatic carbocycles. The second-order valence-electron chi connectivity index (χ2n) is 3.71. The monoisotopic (exact) mass is 223 g/mol. The summed E-state index contributed by atoms with van der Waals surface area (Å²) in [5.41, 5.74) is 0. The fraction of sp³-hybridized carbons (Fsp3) is 0.667. The number of hydrogen-bond donors (Lipinski definition) is 0. The van der Waals surface area contributed by atoms with Gasteiger partial charge in [-0.25, -0.2) is 4.98 Å². The van der Waals surface area contributed by atoms with Crippen LogP contribution in [0.5, 0.6) is 0 Å². The highest BCUT2D eigenvalue weighted by Crippen LogP contribution is 2.05. The number of imidazole rings is 1. The first-order chi connectivity index (χ1) is 7.83. The fourth-order valence-electron chi connectivity index (χ4n) is 1.52. The van der Waals surface area contributed by atoms with Crippen molar-refractivity contribution in [3.63, 3.8) is 0 Å². The van der Waals surface area contributed by atoms with Crippen molar-refractivity contribution in [1.29, 1.82) is 0 Å². The van der Waals surface area contributed by atoms with E-state index in [1.807, 2.05) is 17.7 Å². The van der Waals surface area contributed by atoms with Crippen LogP contribution in [0.1, 0.15) is 39.0 Å². The van der Waals surface area contributed by atoms with Crippen molar-refractivity contribution in [2.75, 3.05) is 6.61 Å². The van der Waals surface area contributed by atoms with Crippen molar-refractivity contribution in [3.8, 4) is 0 Å². The van der Waals surface area contributed by atoms with Crippen LogP contribution in [0.15, 0.2) is 12.5 Å². The van der Waals surface area contributed by atoms with E-state index in [9.17, 15) is 4.79 Å². The molecule has 0 atom stereocenters. The minimum absolute atomic E-state index is 0.0771. The Hall–Kier alpha value is -1.32. The molecule has 0 bridgehead atoms. The Balaban J connectivity index is 1.90. The van der Waals surface area contributed by atoms with Crippen LogP contribution in [0.2, 0.25) is 0 Å². The lowest BCUT2D eigenvalue weighted by Gasteiger charge is -2.03. The van der Waals surface area contributed by atoms with E-state index >= 15 is 0 Å². The van der Waals surface area contributed by atoms with Crippen LogP contribution in [0.3, 0.4) is 0 Å². The fourth-order valence-corrected chi connectivity index (χ4v) is 1.52. The average Bonchev–Trinajstić information content (AvgIpc) is 2.76. The van der Waals surface area contributed by atoms with E-state index in [1.54, 1.807) is 6.33 Å². The number of unbranched alkanes of at least 4 members (excludes halogenated alkanes) is 3. The van der Waals surface area contributed by atoms with Crippen LogP contribution in [0.25, 0.3) is 0 Å². The summed E-state index contributed by atoms with van der Waals surface area (Å²) in [4.78, 5) is 14.9. The Morgan fingerprint density at radius 1 is 1.38 bits per heavy atom. The standard InChI is InChI=1S/C12H19N2O2/c1-2-16-12(15)7-5-3-4-6-9-14-10-8-13-11-14/h10-11H,2-7,9H2,1H3. The number of nitrogens with zero attached hydrogens (tertiary/aromatic N) is 2. The van der Waals surface area contributed by atoms with Gasteiger partial charge in [0.25, 0.3) is 0 Å². The Morgan fingerprint density at radius 2 is 2.19 bits per heavy atom. The Bertz CT molecular complexity index is 283. The van der Waals surface area contributed by atoms with Gasteiger partial charge in [0.2, 0.25) is 0 Å². The number of aryl methyl sites for hydroxylation is 1. The van der Waals surface area contributed by atoms with Crippen LogP contribution >= 0.6 is 0 Å². The highest BCUT2D eigenvalue weighted by molar-refractivity contribution is 5.69. The molecule has 1 rings (SSSR count). The highest BCUT2D eigenvalue weighted by Gasteiger charge is 2.00. The van der Waals surface area contributed by atoms with Gasteiger partial charge in [0, 0.05) is 19.2 Å². The van der Waals surface area contributed by atoms with Gasteiger partial charge < -0.3 is 9.30 Å². The van der Waals surface area contributed by atoms with Crippen molar-refractivity contribution in [2.45, 2.75) is 45.6 Å². The van der Waals surface area contributed by atoms with Crippen molar-refractivity contribution in [3.05, 3.63) is 18.7 Å². The summed E-state index contributed by atoms with van der Waals surface area (Å²) >= 11 is 0. The maximum atomic E-state index is 11.0. The number of rotatable bonds is 8. The molecule has 0 unspecified atom stereocenters. The van der Waals surface area contributed by atoms with E-state index in [4.69, 9.17) is 4.74 Å². The summed E-state index contributed by atoms with van der Waals surface area (Å²) in [5, 5.41) is 0. The molecule has 1 aromatic heterocycles. The Kier molecular flexibility index (Phi) is 6.30. The third kappa shape index (κ3) is 5.53. The topological polar surface area (TPSA) is 44.1 Å². The number of esters is 1. The zero-order valence-corrected chi connectivity index (χ0v) is 9.82. The first-order valence-electron chi connectivity index (χ1n) is 5.86. The van der Waals surface area contributed by atoms with E-state index in [-0.39, 0.29) is 5.97 Å². The van der Waals surface area contributed by atoms with E-state index < -0.39 is 0 Å². The molecule has 0 aliphatic rings. The summed E-state index contributed by atoms with van der Waals surface area (Å²) in [6.45, 7) is 3.30. The molecule has 89 valence electrons. The largest absolute Gasteiger partial charge is 0.466 e. The van der Waals surface area contributed by atoms with Crippen molar-refractivity contribution in [2.24, 2.45) is 0 Å². The summed E-state index contributed by atoms with van der Waals surface area (Å²) in [6, 6.07) is 0. The molecule has 0 saturated heterocycles. The zero-order valence-electron chi connectivity index (χ0n) is 9.82. The second-order valence-corrected chi connectivity index (χ2v) is 3.71. The number of aromatic nitrogens is 2. The molecule has 0 amide bonds. The normalized spacial score (nSPS) is 10.3. The highest BCUT2D eigenvalue weighted by atomic mass is 16.5. The maximum absolute atomic E-state index is 11.0. The van der Waals surface area contributed by atoms with Gasteiger partial charge in [-0.1, -0.05) is 12.8 Å². The van der Waals surface area contributed by atoms with Crippen molar-refractivity contribution in [1.82, 2.24) is 9.55 Å². The summed E-state index contributed by atoms with van der Waals surface area (Å²) in [7, 11) is 0. The van der Waals surface area contributed by atoms with E-state index in [0.29, 0.717) is 13.0 Å². The van der Waals surface area contributed by atoms with Gasteiger partial charge in [0.05, 0.1) is 12.9 Å². The van der Waals surface area contributed by atoms with Crippen molar-refractivity contribution < 1.29 is 9.53 Å². The molecular formula is C12H19N2O2. The molecule has 4 nitrogen and oxygen atoms in total. The SMILES string of the molecule is CCOC(=O)CCCCCCn1c[c]nc1. The van der Waals surface area contributed by atoms with E-state index in [1.165, 1.54) is 0 Å². The van der Waals surface area contributed by atoms with Gasteiger partial charge in [-0.3, -0.25) is 4.79 Å². The molecular weight excluding hydrogens is 204 g/mol. The number of carbonyl (C=O) groups excluding carboxylic acids is 1. The van der Waals surface area contributed by atoms with Crippen LogP contribution in [-0.2, 0) is 16.1 Å². The Morgan fingerprint density at radius 3 is 2.88 bits per heavy atom. The molecule has 0 saturated carbocycles. The van der Waals surface area contributed by atoms with E-state index in [2.05, 4.69) is 11.2 Å². The third-order valence-corrected chi connectivity index (χ3v) is 2.36. The zero-order chi connectivity index (χ0) is 11.6. The first kappa shape index (κ1) is 12.7. The summed E-state index contributed by atoms with van der Waals surface area (Å²) in [6.07, 6.45) is 11.2. The van der Waals surface area contributed by atoms with Gasteiger partial charge in [0.15, 0.2) is 0 Å². The molecule has 0 aromatic carbocycles. The number of ether oxygens (including phenoxy) is 1. The summed E-state index contributed by atoms with van der Waals surface area (Å²) in [5.74, 6) is -0.0771. The van der Waals surface area contributed by atoms with Gasteiger partial charge in [-0.05, 0) is 19.8 Å². The lowest BCUT2D eigenvalue weighted by atomic mass is 10.1. The van der Waals surface area contributed by atoms with Gasteiger partial charge in [-0.2, -0.15) is 0 Å². The van der Waals surface area contributed by atoms with E-state index in [0.717, 1.165) is 32.2 Å². The minimum Gasteiger partial charge on any atom is -0.466 e. The average molecular weight is 223 g/mol. The lowest BCUT2D eigenvalue weighted by molar-refractivity contribution is -0.143. The van der Waals surface area contributed by atoms with Gasteiger partial charge in [0.1, 0.15) is 6.20 Å². The molecule has 1 radical (unpaired) electrons. The molecule has 0 spiro atoms. The molecule has 0 aliphatic heterocycles. The molecule has 1 aromatic rings. The summed E-state index contributed by atoms with van der Waals surface area (Å²) < 4.78 is 6.87. The smallest absolute Gasteiger partial charge is 0.305 e. The van der Waals surface area contributed by atoms with Crippen LogP contribution < -0.4 is 0 Å². The number of carbonyl (C=O) groups is 1. The first-order valence-corrected chi connectivity index (χ1v) is 5.86. The minimum atomic E-state index is -0.0771. The van der Waals surface area contributed by atoms with Gasteiger partial charge in [-0.15, -0.1) is 0 Å². The molecule has 16 heavy (non-hydrogen) atoms. The van der Waals surface area contributed by atoms with Crippen LogP contribution in [0.4, 0.5) is 0 Å². The predicted octanol–water partition coefficient (Wildman–Crippen LogP) is 2.20. The molecule has 0 N–H and O–H groups in total. The van der Waals surface area contributed by atoms with Crippen molar-refractivity contribution >= 4 is 5.97 Å². The van der Waals surface area contributed by atoms with Crippen LogP contribution in [-0.4, -0.2) is 22.1 Å². The lowest BCUT2D eigenvalue weighted by Crippen LogP contribution is -2.03. The Labute approximate surface area is 96.6 Å². The quantitative estimate of drug-likeness (QED) is 0.501. The second kappa shape index (κ2) is 7.91.